The normalized spacial score (nSPS) is 12.2. The van der Waals surface area contributed by atoms with E-state index in [9.17, 15) is 13.6 Å². The molecule has 1 rings (SSSR count). The smallest absolute Gasteiger partial charge is 0.253 e. The first-order chi connectivity index (χ1) is 10.5. The lowest BCUT2D eigenvalue weighted by Crippen LogP contribution is -2.35. The maximum atomic E-state index is 12.5. The fourth-order valence-electron chi connectivity index (χ4n) is 1.86. The Morgan fingerprint density at radius 3 is 2.55 bits per heavy atom. The summed E-state index contributed by atoms with van der Waals surface area (Å²) in [4.78, 5) is 14.0. The molecule has 0 radical (unpaired) electrons. The summed E-state index contributed by atoms with van der Waals surface area (Å²) in [7, 11) is 3.15. The van der Waals surface area contributed by atoms with Gasteiger partial charge >= 0.3 is 0 Å². The first-order valence-electron chi connectivity index (χ1n) is 6.67. The average Bonchev–Trinajstić information content (AvgIpc) is 2.50. The third-order valence-corrected chi connectivity index (χ3v) is 4.13. The summed E-state index contributed by atoms with van der Waals surface area (Å²) in [6, 6.07) is 4.20. The van der Waals surface area contributed by atoms with Gasteiger partial charge in [0.05, 0.1) is 11.6 Å². The summed E-state index contributed by atoms with van der Waals surface area (Å²) in [5, 5.41) is 0.0905. The van der Waals surface area contributed by atoms with Crippen molar-refractivity contribution >= 4 is 28.6 Å². The Morgan fingerprint density at radius 1 is 1.27 bits per heavy atom. The van der Waals surface area contributed by atoms with Gasteiger partial charge in [0, 0.05) is 44.4 Å². The van der Waals surface area contributed by atoms with Crippen molar-refractivity contribution in [3.05, 3.63) is 28.8 Å². The number of nitrogens with zero attached hydrogens (tertiary/aromatic N) is 1. The van der Waals surface area contributed by atoms with Crippen molar-refractivity contribution in [1.29, 1.82) is 0 Å². The van der Waals surface area contributed by atoms with E-state index < -0.39 is 11.1 Å². The van der Waals surface area contributed by atoms with Crippen LogP contribution in [0.2, 0.25) is 5.02 Å². The van der Waals surface area contributed by atoms with Crippen LogP contribution in [0.1, 0.15) is 16.8 Å². The molecule has 1 aromatic rings. The van der Waals surface area contributed by atoms with Crippen molar-refractivity contribution in [2.75, 3.05) is 40.5 Å². The van der Waals surface area contributed by atoms with Crippen LogP contribution in [-0.2, 0) is 20.6 Å². The van der Waals surface area contributed by atoms with Gasteiger partial charge in [-0.1, -0.05) is 11.6 Å². The zero-order valence-electron chi connectivity index (χ0n) is 12.5. The topological polar surface area (TPSA) is 78.9 Å². The number of ether oxygens (including phenoxy) is 2. The maximum absolute atomic E-state index is 12.5. The van der Waals surface area contributed by atoms with Gasteiger partial charge in [-0.25, -0.2) is 0 Å². The predicted octanol–water partition coefficient (Wildman–Crippen LogP) is 1.70. The van der Waals surface area contributed by atoms with Crippen LogP contribution in [0.3, 0.4) is 0 Å². The van der Waals surface area contributed by atoms with Gasteiger partial charge in [-0.3, -0.25) is 9.00 Å². The molecule has 0 aliphatic carbocycles. The van der Waals surface area contributed by atoms with Crippen molar-refractivity contribution in [1.82, 2.24) is 4.90 Å². The minimum Gasteiger partial charge on any atom is -0.768 e. The molecule has 0 aromatic heterocycles. The highest BCUT2D eigenvalue weighted by Gasteiger charge is 2.17. The molecule has 124 valence electrons. The fraction of sp³-hybridized carbons (Fsp3) is 0.500. The van der Waals surface area contributed by atoms with Gasteiger partial charge in [0.15, 0.2) is 0 Å². The number of carbonyl (C=O) groups is 1. The standard InChI is InChI=1S/C14H20ClNO5S/c1-20-8-3-6-16(7-9-21-2)14(17)11-4-5-12(15)13(10-11)22(18)19/h4-5,10H,3,6-9H2,1-2H3,(H,18,19)/p-1. The highest BCUT2D eigenvalue weighted by Crippen LogP contribution is 2.21. The van der Waals surface area contributed by atoms with E-state index in [1.807, 2.05) is 0 Å². The first kappa shape index (κ1) is 19.1. The van der Waals surface area contributed by atoms with E-state index in [0.717, 1.165) is 0 Å². The number of hydrogen-bond acceptors (Lipinski definition) is 5. The second-order valence-corrected chi connectivity index (χ2v) is 5.83. The Bertz CT molecular complexity index is 526. The van der Waals surface area contributed by atoms with E-state index >= 15 is 0 Å². The fourth-order valence-corrected chi connectivity index (χ4v) is 2.62. The van der Waals surface area contributed by atoms with Gasteiger partial charge in [0.2, 0.25) is 0 Å². The number of rotatable bonds is 9. The van der Waals surface area contributed by atoms with E-state index in [1.165, 1.54) is 18.2 Å². The molecule has 8 heteroatoms. The van der Waals surface area contributed by atoms with E-state index in [2.05, 4.69) is 0 Å². The van der Waals surface area contributed by atoms with Crippen molar-refractivity contribution in [3.63, 3.8) is 0 Å². The van der Waals surface area contributed by atoms with Crippen LogP contribution in [0.4, 0.5) is 0 Å². The van der Waals surface area contributed by atoms with Crippen molar-refractivity contribution < 1.29 is 23.0 Å². The molecule has 0 saturated heterocycles. The lowest BCUT2D eigenvalue weighted by atomic mass is 10.2. The van der Waals surface area contributed by atoms with Gasteiger partial charge in [0.1, 0.15) is 0 Å². The number of benzene rings is 1. The second-order valence-electron chi connectivity index (χ2n) is 4.51. The zero-order valence-corrected chi connectivity index (χ0v) is 14.1. The minimum absolute atomic E-state index is 0.0869. The second kappa shape index (κ2) is 9.91. The van der Waals surface area contributed by atoms with E-state index in [1.54, 1.807) is 19.1 Å². The van der Waals surface area contributed by atoms with Gasteiger partial charge in [0.25, 0.3) is 5.91 Å². The summed E-state index contributed by atoms with van der Waals surface area (Å²) in [6.45, 7) is 1.84. The lowest BCUT2D eigenvalue weighted by Gasteiger charge is -2.23. The van der Waals surface area contributed by atoms with Crippen LogP contribution in [0.5, 0.6) is 0 Å². The molecule has 22 heavy (non-hydrogen) atoms. The molecule has 0 fully saturated rings. The van der Waals surface area contributed by atoms with Crippen LogP contribution < -0.4 is 0 Å². The van der Waals surface area contributed by atoms with Crippen molar-refractivity contribution in [2.24, 2.45) is 0 Å². The highest BCUT2D eigenvalue weighted by atomic mass is 35.5. The summed E-state index contributed by atoms with van der Waals surface area (Å²) in [6.07, 6.45) is 0.680. The Hall–Kier alpha value is -0.990. The molecule has 1 aromatic carbocycles. The molecule has 0 spiro atoms. The van der Waals surface area contributed by atoms with Crippen molar-refractivity contribution in [2.45, 2.75) is 11.3 Å². The van der Waals surface area contributed by atoms with Crippen LogP contribution in [0, 0.1) is 0 Å². The van der Waals surface area contributed by atoms with Crippen LogP contribution >= 0.6 is 11.6 Å². The molecule has 1 unspecified atom stereocenters. The molecular weight excluding hydrogens is 330 g/mol. The zero-order chi connectivity index (χ0) is 16.5. The van der Waals surface area contributed by atoms with E-state index in [4.69, 9.17) is 21.1 Å². The third kappa shape index (κ3) is 5.66. The molecule has 0 bridgehead atoms. The van der Waals surface area contributed by atoms with Gasteiger partial charge < -0.3 is 18.9 Å². The summed E-state index contributed by atoms with van der Waals surface area (Å²) >= 11 is 3.32. The number of methoxy groups -OCH3 is 2. The number of carbonyl (C=O) groups excluding carboxylic acids is 1. The highest BCUT2D eigenvalue weighted by molar-refractivity contribution is 7.79. The average molecular weight is 349 g/mol. The predicted molar refractivity (Wildman–Crippen MR) is 82.9 cm³/mol. The maximum Gasteiger partial charge on any atom is 0.253 e. The number of hydrogen-bond donors (Lipinski definition) is 0. The van der Waals surface area contributed by atoms with Crippen LogP contribution in [0.25, 0.3) is 0 Å². The Morgan fingerprint density at radius 2 is 1.95 bits per heavy atom. The van der Waals surface area contributed by atoms with Crippen LogP contribution in [-0.4, -0.2) is 60.1 Å². The van der Waals surface area contributed by atoms with Gasteiger partial charge in [-0.05, 0) is 35.7 Å². The van der Waals surface area contributed by atoms with Gasteiger partial charge in [-0.2, -0.15) is 0 Å². The Balaban J connectivity index is 2.91. The molecule has 0 saturated carbocycles. The Labute approximate surface area is 137 Å². The van der Waals surface area contributed by atoms with Crippen molar-refractivity contribution in [3.8, 4) is 0 Å². The Kier molecular flexibility index (Phi) is 8.59. The summed E-state index contributed by atoms with van der Waals surface area (Å²) in [5.41, 5.74) is 0.275. The minimum atomic E-state index is -2.49. The molecule has 0 aliphatic rings. The molecule has 0 aliphatic heterocycles. The quantitative estimate of drug-likeness (QED) is 0.501. The number of amides is 1. The summed E-state index contributed by atoms with van der Waals surface area (Å²) < 4.78 is 32.2. The lowest BCUT2D eigenvalue weighted by molar-refractivity contribution is 0.0674. The van der Waals surface area contributed by atoms with Gasteiger partial charge in [-0.15, -0.1) is 0 Å². The van der Waals surface area contributed by atoms with E-state index in [0.29, 0.717) is 32.7 Å². The monoisotopic (exact) mass is 348 g/mol. The molecule has 6 nitrogen and oxygen atoms in total. The molecule has 1 atom stereocenters. The van der Waals surface area contributed by atoms with E-state index in [-0.39, 0.29) is 21.4 Å². The summed E-state index contributed by atoms with van der Waals surface area (Å²) in [5.74, 6) is -0.267. The molecule has 0 heterocycles. The molecular formula is C14H19ClNO5S-. The SMILES string of the molecule is COCCCN(CCOC)C(=O)c1ccc(Cl)c(S(=O)[O-])c1. The molecule has 1 amide bonds. The number of halogens is 1. The molecule has 0 N–H and O–H groups in total. The largest absolute Gasteiger partial charge is 0.768 e. The first-order valence-corrected chi connectivity index (χ1v) is 8.12. The van der Waals surface area contributed by atoms with Crippen LogP contribution in [0.15, 0.2) is 23.1 Å². The third-order valence-electron chi connectivity index (χ3n) is 2.99.